The van der Waals surface area contributed by atoms with Crippen molar-refractivity contribution in [3.05, 3.63) is 28.8 Å². The van der Waals surface area contributed by atoms with Crippen molar-refractivity contribution >= 4 is 11.6 Å². The van der Waals surface area contributed by atoms with E-state index in [0.717, 1.165) is 22.8 Å². The molecule has 1 fully saturated rings. The third kappa shape index (κ3) is 3.87. The molecule has 1 aromatic rings. The second-order valence-corrected chi connectivity index (χ2v) is 4.52. The van der Waals surface area contributed by atoms with E-state index in [1.54, 1.807) is 0 Å². The van der Waals surface area contributed by atoms with Gasteiger partial charge in [0, 0.05) is 11.4 Å². The van der Waals surface area contributed by atoms with Crippen LogP contribution in [-0.4, -0.2) is 32.5 Å². The number of ether oxygens (including phenoxy) is 3. The van der Waals surface area contributed by atoms with Gasteiger partial charge >= 0.3 is 0 Å². The summed E-state index contributed by atoms with van der Waals surface area (Å²) < 4.78 is 16.5. The molecule has 0 aromatic heterocycles. The molecule has 3 nitrogen and oxygen atoms in total. The predicted molar refractivity (Wildman–Crippen MR) is 66.9 cm³/mol. The van der Waals surface area contributed by atoms with Gasteiger partial charge in [-0.1, -0.05) is 17.7 Å². The van der Waals surface area contributed by atoms with E-state index in [-0.39, 0.29) is 6.10 Å². The molecular formula is C13H17ClO3. The zero-order valence-corrected chi connectivity index (χ0v) is 10.7. The molecule has 1 aromatic carbocycles. The molecule has 1 aliphatic heterocycles. The molecule has 4 heteroatoms. The SMILES string of the molecule is Cc1ccc(OCCC2COCCO2)cc1Cl. The summed E-state index contributed by atoms with van der Waals surface area (Å²) in [4.78, 5) is 0. The molecule has 1 atom stereocenters. The Morgan fingerprint density at radius 3 is 3.00 bits per heavy atom. The zero-order valence-electron chi connectivity index (χ0n) is 9.95. The monoisotopic (exact) mass is 256 g/mol. The minimum atomic E-state index is 0.157. The third-order valence-electron chi connectivity index (χ3n) is 2.74. The van der Waals surface area contributed by atoms with Crippen LogP contribution in [0.15, 0.2) is 18.2 Å². The van der Waals surface area contributed by atoms with Gasteiger partial charge in [-0.15, -0.1) is 0 Å². The lowest BCUT2D eigenvalue weighted by molar-refractivity contribution is -0.0935. The summed E-state index contributed by atoms with van der Waals surface area (Å²) in [5.41, 5.74) is 1.06. The fourth-order valence-corrected chi connectivity index (χ4v) is 1.85. The highest BCUT2D eigenvalue weighted by Gasteiger charge is 2.13. The van der Waals surface area contributed by atoms with Crippen molar-refractivity contribution in [1.29, 1.82) is 0 Å². The van der Waals surface area contributed by atoms with E-state index in [1.165, 1.54) is 0 Å². The first-order chi connectivity index (χ1) is 8.25. The minimum absolute atomic E-state index is 0.157. The molecule has 0 bridgehead atoms. The number of hydrogen-bond acceptors (Lipinski definition) is 3. The Hall–Kier alpha value is -0.770. The van der Waals surface area contributed by atoms with Gasteiger partial charge in [0.05, 0.1) is 32.5 Å². The highest BCUT2D eigenvalue weighted by Crippen LogP contribution is 2.21. The van der Waals surface area contributed by atoms with Gasteiger partial charge < -0.3 is 14.2 Å². The van der Waals surface area contributed by atoms with E-state index in [0.29, 0.717) is 26.4 Å². The van der Waals surface area contributed by atoms with Crippen molar-refractivity contribution in [3.63, 3.8) is 0 Å². The lowest BCUT2D eigenvalue weighted by Crippen LogP contribution is -2.29. The van der Waals surface area contributed by atoms with Crippen molar-refractivity contribution in [2.45, 2.75) is 19.4 Å². The van der Waals surface area contributed by atoms with Gasteiger partial charge in [0.15, 0.2) is 0 Å². The first-order valence-electron chi connectivity index (χ1n) is 5.84. The van der Waals surface area contributed by atoms with Gasteiger partial charge in [-0.25, -0.2) is 0 Å². The van der Waals surface area contributed by atoms with Crippen LogP contribution in [0.2, 0.25) is 5.02 Å². The summed E-state index contributed by atoms with van der Waals surface area (Å²) in [6.45, 7) is 4.64. The number of halogens is 1. The van der Waals surface area contributed by atoms with Gasteiger partial charge in [-0.05, 0) is 24.6 Å². The fraction of sp³-hybridized carbons (Fsp3) is 0.538. The van der Waals surface area contributed by atoms with Crippen LogP contribution in [-0.2, 0) is 9.47 Å². The number of rotatable bonds is 4. The molecule has 94 valence electrons. The maximum Gasteiger partial charge on any atom is 0.120 e. The Bertz CT molecular complexity index is 362. The lowest BCUT2D eigenvalue weighted by Gasteiger charge is -2.22. The van der Waals surface area contributed by atoms with E-state index < -0.39 is 0 Å². The van der Waals surface area contributed by atoms with E-state index >= 15 is 0 Å². The van der Waals surface area contributed by atoms with E-state index in [9.17, 15) is 0 Å². The first-order valence-corrected chi connectivity index (χ1v) is 6.22. The summed E-state index contributed by atoms with van der Waals surface area (Å²) in [6, 6.07) is 5.73. The number of benzene rings is 1. The average Bonchev–Trinajstić information content (AvgIpc) is 2.35. The molecular weight excluding hydrogens is 240 g/mol. The largest absolute Gasteiger partial charge is 0.493 e. The van der Waals surface area contributed by atoms with Crippen molar-refractivity contribution < 1.29 is 14.2 Å². The Balaban J connectivity index is 1.75. The van der Waals surface area contributed by atoms with Crippen molar-refractivity contribution in [1.82, 2.24) is 0 Å². The van der Waals surface area contributed by atoms with Crippen molar-refractivity contribution in [2.75, 3.05) is 26.4 Å². The summed E-state index contributed by atoms with van der Waals surface area (Å²) in [6.07, 6.45) is 0.996. The number of hydrogen-bond donors (Lipinski definition) is 0. The Labute approximate surface area is 107 Å². The normalized spacial score (nSPS) is 20.2. The summed E-state index contributed by atoms with van der Waals surface area (Å²) >= 11 is 6.02. The van der Waals surface area contributed by atoms with E-state index in [4.69, 9.17) is 25.8 Å². The molecule has 0 amide bonds. The summed E-state index contributed by atoms with van der Waals surface area (Å²) in [5.74, 6) is 0.803. The van der Waals surface area contributed by atoms with Crippen LogP contribution in [0.4, 0.5) is 0 Å². The summed E-state index contributed by atoms with van der Waals surface area (Å²) in [7, 11) is 0. The van der Waals surface area contributed by atoms with Crippen LogP contribution in [0.3, 0.4) is 0 Å². The van der Waals surface area contributed by atoms with Crippen LogP contribution in [0.5, 0.6) is 5.75 Å². The molecule has 1 heterocycles. The molecule has 0 spiro atoms. The Morgan fingerprint density at radius 2 is 2.29 bits per heavy atom. The molecule has 0 N–H and O–H groups in total. The molecule has 17 heavy (non-hydrogen) atoms. The molecule has 0 saturated carbocycles. The van der Waals surface area contributed by atoms with Gasteiger partial charge in [-0.2, -0.15) is 0 Å². The van der Waals surface area contributed by atoms with Crippen LogP contribution < -0.4 is 4.74 Å². The third-order valence-corrected chi connectivity index (χ3v) is 3.14. The minimum Gasteiger partial charge on any atom is -0.493 e. The second kappa shape index (κ2) is 6.24. The zero-order chi connectivity index (χ0) is 12.1. The van der Waals surface area contributed by atoms with Crippen molar-refractivity contribution in [3.8, 4) is 5.75 Å². The Morgan fingerprint density at radius 1 is 1.41 bits per heavy atom. The van der Waals surface area contributed by atoms with Crippen LogP contribution in [0.25, 0.3) is 0 Å². The molecule has 1 aliphatic rings. The highest BCUT2D eigenvalue weighted by molar-refractivity contribution is 6.31. The predicted octanol–water partition coefficient (Wildman–Crippen LogP) is 2.83. The molecule has 2 rings (SSSR count). The van der Waals surface area contributed by atoms with Crippen molar-refractivity contribution in [2.24, 2.45) is 0 Å². The maximum absolute atomic E-state index is 6.02. The number of aryl methyl sites for hydroxylation is 1. The smallest absolute Gasteiger partial charge is 0.120 e. The standard InChI is InChI=1S/C13H17ClO3/c1-10-2-3-11(8-13(10)14)16-5-4-12-9-15-6-7-17-12/h2-3,8,12H,4-7,9H2,1H3. The van der Waals surface area contributed by atoms with Gasteiger partial charge in [0.2, 0.25) is 0 Å². The Kier molecular flexibility index (Phi) is 4.66. The summed E-state index contributed by atoms with van der Waals surface area (Å²) in [5, 5.41) is 0.736. The molecule has 0 radical (unpaired) electrons. The molecule has 1 unspecified atom stereocenters. The quantitative estimate of drug-likeness (QED) is 0.829. The van der Waals surface area contributed by atoms with E-state index in [1.807, 2.05) is 25.1 Å². The average molecular weight is 257 g/mol. The fourth-order valence-electron chi connectivity index (χ4n) is 1.67. The second-order valence-electron chi connectivity index (χ2n) is 4.12. The lowest BCUT2D eigenvalue weighted by atomic mass is 10.2. The van der Waals surface area contributed by atoms with Gasteiger partial charge in [0.1, 0.15) is 5.75 Å². The van der Waals surface area contributed by atoms with E-state index in [2.05, 4.69) is 0 Å². The molecule has 1 saturated heterocycles. The topological polar surface area (TPSA) is 27.7 Å². The van der Waals surface area contributed by atoms with Gasteiger partial charge in [0.25, 0.3) is 0 Å². The molecule has 0 aliphatic carbocycles. The van der Waals surface area contributed by atoms with Crippen LogP contribution in [0, 0.1) is 6.92 Å². The first kappa shape index (κ1) is 12.7. The maximum atomic E-state index is 6.02. The van der Waals surface area contributed by atoms with Gasteiger partial charge in [-0.3, -0.25) is 0 Å². The highest BCUT2D eigenvalue weighted by atomic mass is 35.5. The van der Waals surface area contributed by atoms with Crippen LogP contribution in [0.1, 0.15) is 12.0 Å². The van der Waals surface area contributed by atoms with Crippen LogP contribution >= 0.6 is 11.6 Å².